The van der Waals surface area contributed by atoms with Gasteiger partial charge in [-0.3, -0.25) is 9.36 Å². The Balaban J connectivity index is 1.59. The SMILES string of the molecule is CCn1cc(CNC(=S)Nc2nn(Cc3ccc(Cl)cc3Cl)cc2Cl)cn1. The van der Waals surface area contributed by atoms with Crippen molar-refractivity contribution >= 4 is 58.0 Å². The van der Waals surface area contributed by atoms with Gasteiger partial charge >= 0.3 is 0 Å². The quantitative estimate of drug-likeness (QED) is 0.545. The largest absolute Gasteiger partial charge is 0.358 e. The summed E-state index contributed by atoms with van der Waals surface area (Å²) in [5.41, 5.74) is 1.93. The molecule has 2 N–H and O–H groups in total. The number of benzene rings is 1. The van der Waals surface area contributed by atoms with Crippen LogP contribution in [0.5, 0.6) is 0 Å². The molecule has 0 bridgehead atoms. The third-order valence-corrected chi connectivity index (χ3v) is 4.87. The zero-order valence-electron chi connectivity index (χ0n) is 14.4. The minimum atomic E-state index is 0.427. The molecule has 0 amide bonds. The molecule has 27 heavy (non-hydrogen) atoms. The number of halogens is 3. The summed E-state index contributed by atoms with van der Waals surface area (Å²) in [6.45, 7) is 3.89. The standard InChI is InChI=1S/C17H17Cl3N6S/c1-2-25-8-11(7-22-25)6-21-17(27)23-16-15(20)10-26(24-16)9-12-3-4-13(18)5-14(12)19/h3-5,7-8,10H,2,6,9H2,1H3,(H2,21,23,24,27). The Bertz CT molecular complexity index is 952. The first-order valence-corrected chi connectivity index (χ1v) is 9.72. The predicted octanol–water partition coefficient (Wildman–Crippen LogP) is 4.59. The van der Waals surface area contributed by atoms with Crippen LogP contribution in [-0.2, 0) is 19.6 Å². The maximum absolute atomic E-state index is 6.26. The van der Waals surface area contributed by atoms with E-state index in [2.05, 4.69) is 20.8 Å². The van der Waals surface area contributed by atoms with Crippen molar-refractivity contribution in [1.29, 1.82) is 0 Å². The zero-order chi connectivity index (χ0) is 19.4. The van der Waals surface area contributed by atoms with Gasteiger partial charge in [-0.2, -0.15) is 10.2 Å². The van der Waals surface area contributed by atoms with Crippen LogP contribution in [0.4, 0.5) is 5.82 Å². The van der Waals surface area contributed by atoms with Crippen LogP contribution in [0.25, 0.3) is 0 Å². The van der Waals surface area contributed by atoms with E-state index in [1.54, 1.807) is 29.2 Å². The summed E-state index contributed by atoms with van der Waals surface area (Å²) in [6, 6.07) is 5.34. The van der Waals surface area contributed by atoms with Crippen LogP contribution in [0.2, 0.25) is 15.1 Å². The molecule has 0 radical (unpaired) electrons. The minimum Gasteiger partial charge on any atom is -0.358 e. The van der Waals surface area contributed by atoms with Gasteiger partial charge in [-0.15, -0.1) is 0 Å². The monoisotopic (exact) mass is 442 g/mol. The molecular weight excluding hydrogens is 427 g/mol. The second kappa shape index (κ2) is 8.93. The minimum absolute atomic E-state index is 0.427. The van der Waals surface area contributed by atoms with Crippen LogP contribution < -0.4 is 10.6 Å². The number of thiocarbonyl (C=S) groups is 1. The van der Waals surface area contributed by atoms with Gasteiger partial charge in [-0.05, 0) is 36.8 Å². The highest BCUT2D eigenvalue weighted by Crippen LogP contribution is 2.24. The highest BCUT2D eigenvalue weighted by Gasteiger charge is 2.10. The first-order valence-electron chi connectivity index (χ1n) is 8.17. The van der Waals surface area contributed by atoms with Crippen LogP contribution >= 0.6 is 47.0 Å². The molecule has 10 heteroatoms. The molecule has 3 aromatic rings. The summed E-state index contributed by atoms with van der Waals surface area (Å²) in [5, 5.41) is 16.8. The second-order valence-electron chi connectivity index (χ2n) is 5.77. The Kier molecular flexibility index (Phi) is 6.59. The Labute approximate surface area is 177 Å². The van der Waals surface area contributed by atoms with Crippen molar-refractivity contribution < 1.29 is 0 Å². The highest BCUT2D eigenvalue weighted by molar-refractivity contribution is 7.80. The number of aryl methyl sites for hydroxylation is 1. The molecule has 142 valence electrons. The van der Waals surface area contributed by atoms with Gasteiger partial charge in [0, 0.05) is 41.1 Å². The van der Waals surface area contributed by atoms with Gasteiger partial charge in [0.1, 0.15) is 5.02 Å². The van der Waals surface area contributed by atoms with Crippen LogP contribution in [0, 0.1) is 0 Å². The number of hydrogen-bond acceptors (Lipinski definition) is 3. The van der Waals surface area contributed by atoms with E-state index in [1.165, 1.54) is 0 Å². The van der Waals surface area contributed by atoms with Crippen molar-refractivity contribution in [3.63, 3.8) is 0 Å². The van der Waals surface area contributed by atoms with Gasteiger partial charge in [0.05, 0.1) is 12.7 Å². The van der Waals surface area contributed by atoms with E-state index < -0.39 is 0 Å². The number of nitrogens with zero attached hydrogens (tertiary/aromatic N) is 4. The molecule has 0 aliphatic heterocycles. The lowest BCUT2D eigenvalue weighted by Crippen LogP contribution is -2.28. The zero-order valence-corrected chi connectivity index (χ0v) is 17.5. The molecule has 2 aromatic heterocycles. The number of hydrogen-bond donors (Lipinski definition) is 2. The maximum Gasteiger partial charge on any atom is 0.173 e. The molecule has 6 nitrogen and oxygen atoms in total. The Morgan fingerprint density at radius 1 is 1.15 bits per heavy atom. The third-order valence-electron chi connectivity index (χ3n) is 3.76. The lowest BCUT2D eigenvalue weighted by Gasteiger charge is -2.08. The van der Waals surface area contributed by atoms with E-state index in [1.807, 2.05) is 23.9 Å². The van der Waals surface area contributed by atoms with E-state index in [9.17, 15) is 0 Å². The van der Waals surface area contributed by atoms with Crippen molar-refractivity contribution in [3.05, 3.63) is 63.0 Å². The van der Waals surface area contributed by atoms with Crippen LogP contribution in [0.1, 0.15) is 18.1 Å². The summed E-state index contributed by atoms with van der Waals surface area (Å²) in [4.78, 5) is 0. The van der Waals surface area contributed by atoms with Crippen molar-refractivity contribution in [2.45, 2.75) is 26.6 Å². The lowest BCUT2D eigenvalue weighted by atomic mass is 10.2. The fourth-order valence-corrected chi connectivity index (χ4v) is 3.23. The molecule has 0 fully saturated rings. The molecule has 0 saturated carbocycles. The first-order chi connectivity index (χ1) is 12.9. The summed E-state index contributed by atoms with van der Waals surface area (Å²) in [6.07, 6.45) is 5.48. The van der Waals surface area contributed by atoms with E-state index in [-0.39, 0.29) is 0 Å². The topological polar surface area (TPSA) is 59.7 Å². The Morgan fingerprint density at radius 2 is 1.96 bits per heavy atom. The average molecular weight is 444 g/mol. The normalized spacial score (nSPS) is 10.8. The molecule has 0 unspecified atom stereocenters. The number of rotatable bonds is 6. The van der Waals surface area contributed by atoms with Gasteiger partial charge in [-0.1, -0.05) is 40.9 Å². The number of aromatic nitrogens is 4. The van der Waals surface area contributed by atoms with Crippen molar-refractivity contribution in [3.8, 4) is 0 Å². The van der Waals surface area contributed by atoms with Crippen molar-refractivity contribution in [1.82, 2.24) is 24.9 Å². The number of anilines is 1. The fourth-order valence-electron chi connectivity index (χ4n) is 2.39. The molecule has 2 heterocycles. The fraction of sp³-hybridized carbons (Fsp3) is 0.235. The summed E-state index contributed by atoms with van der Waals surface area (Å²) >= 11 is 23.7. The molecule has 3 rings (SSSR count). The first kappa shape index (κ1) is 19.9. The summed E-state index contributed by atoms with van der Waals surface area (Å²) < 4.78 is 3.54. The molecular formula is C17H17Cl3N6S. The van der Waals surface area contributed by atoms with Gasteiger partial charge in [-0.25, -0.2) is 0 Å². The van der Waals surface area contributed by atoms with Gasteiger partial charge in [0.15, 0.2) is 10.9 Å². The van der Waals surface area contributed by atoms with Crippen molar-refractivity contribution in [2.24, 2.45) is 0 Å². The van der Waals surface area contributed by atoms with E-state index in [0.717, 1.165) is 17.7 Å². The molecule has 0 saturated heterocycles. The summed E-state index contributed by atoms with van der Waals surface area (Å²) in [7, 11) is 0. The average Bonchev–Trinajstić information content (AvgIpc) is 3.22. The van der Waals surface area contributed by atoms with Crippen LogP contribution in [0.15, 0.2) is 36.8 Å². The second-order valence-corrected chi connectivity index (χ2v) is 7.43. The predicted molar refractivity (Wildman–Crippen MR) is 114 cm³/mol. The molecule has 0 aliphatic carbocycles. The smallest absolute Gasteiger partial charge is 0.173 e. The number of nitrogens with one attached hydrogen (secondary N) is 2. The molecule has 0 atom stereocenters. The van der Waals surface area contributed by atoms with E-state index in [4.69, 9.17) is 47.0 Å². The molecule has 0 aliphatic rings. The van der Waals surface area contributed by atoms with Crippen molar-refractivity contribution in [2.75, 3.05) is 5.32 Å². The van der Waals surface area contributed by atoms with Crippen LogP contribution in [-0.4, -0.2) is 24.7 Å². The lowest BCUT2D eigenvalue weighted by molar-refractivity contribution is 0.659. The van der Waals surface area contributed by atoms with Crippen LogP contribution in [0.3, 0.4) is 0 Å². The van der Waals surface area contributed by atoms with Gasteiger partial charge < -0.3 is 10.6 Å². The third kappa shape index (κ3) is 5.35. The maximum atomic E-state index is 6.26. The Morgan fingerprint density at radius 3 is 2.67 bits per heavy atom. The Hall–Kier alpha value is -1.80. The summed E-state index contributed by atoms with van der Waals surface area (Å²) in [5.74, 6) is 0.475. The van der Waals surface area contributed by atoms with Gasteiger partial charge in [0.2, 0.25) is 0 Å². The van der Waals surface area contributed by atoms with E-state index in [0.29, 0.717) is 39.1 Å². The van der Waals surface area contributed by atoms with E-state index >= 15 is 0 Å². The molecule has 0 spiro atoms. The highest BCUT2D eigenvalue weighted by atomic mass is 35.5. The molecule has 1 aromatic carbocycles. The van der Waals surface area contributed by atoms with Gasteiger partial charge in [0.25, 0.3) is 0 Å².